The van der Waals surface area contributed by atoms with Crippen LogP contribution in [0.3, 0.4) is 0 Å². The van der Waals surface area contributed by atoms with Gasteiger partial charge in [0, 0.05) is 11.1 Å². The molecule has 0 heterocycles. The summed E-state index contributed by atoms with van der Waals surface area (Å²) in [5.74, 6) is -2.05. The van der Waals surface area contributed by atoms with Crippen molar-refractivity contribution >= 4 is 29.2 Å². The smallest absolute Gasteiger partial charge is 0.329 e. The zero-order valence-corrected chi connectivity index (χ0v) is 11.6. The maximum atomic E-state index is 12.0. The second-order valence-electron chi connectivity index (χ2n) is 4.36. The highest BCUT2D eigenvalue weighted by atomic mass is 35.5. The molecule has 1 amide bonds. The van der Waals surface area contributed by atoms with E-state index < -0.39 is 28.0 Å². The van der Waals surface area contributed by atoms with E-state index in [0.29, 0.717) is 0 Å². The van der Waals surface area contributed by atoms with Crippen LogP contribution in [0, 0.1) is 10.1 Å². The molecule has 108 valence electrons. The Hall–Kier alpha value is -2.15. The summed E-state index contributed by atoms with van der Waals surface area (Å²) in [6, 6.07) is 3.56. The number of rotatable bonds is 5. The lowest BCUT2D eigenvalue weighted by atomic mass is 9.98. The zero-order chi connectivity index (χ0) is 15.5. The van der Waals surface area contributed by atoms with Crippen molar-refractivity contribution in [1.82, 2.24) is 5.32 Å². The molecule has 1 unspecified atom stereocenters. The number of nitrogens with zero attached hydrogens (tertiary/aromatic N) is 1. The molecule has 0 saturated carbocycles. The number of nitro benzene ring substituents is 1. The number of benzene rings is 1. The fourth-order valence-electron chi connectivity index (χ4n) is 1.46. The molecule has 0 aromatic heterocycles. The molecule has 1 aromatic rings. The van der Waals surface area contributed by atoms with Crippen molar-refractivity contribution < 1.29 is 19.6 Å². The Morgan fingerprint density at radius 3 is 2.55 bits per heavy atom. The van der Waals surface area contributed by atoms with Crippen molar-refractivity contribution in [2.24, 2.45) is 0 Å². The Kier molecular flexibility index (Phi) is 4.67. The average Bonchev–Trinajstić information content (AvgIpc) is 2.37. The normalized spacial score (nSPS) is 13.3. The number of aliphatic carboxylic acids is 1. The maximum Gasteiger partial charge on any atom is 0.329 e. The molecule has 20 heavy (non-hydrogen) atoms. The molecule has 0 aliphatic rings. The van der Waals surface area contributed by atoms with Gasteiger partial charge in [0.15, 0.2) is 0 Å². The van der Waals surface area contributed by atoms with E-state index in [-0.39, 0.29) is 17.0 Å². The van der Waals surface area contributed by atoms with Crippen LogP contribution in [0.2, 0.25) is 5.02 Å². The largest absolute Gasteiger partial charge is 0.480 e. The van der Waals surface area contributed by atoms with Crippen LogP contribution in [-0.2, 0) is 4.79 Å². The van der Waals surface area contributed by atoms with Crippen molar-refractivity contribution in [3.05, 3.63) is 38.9 Å². The van der Waals surface area contributed by atoms with E-state index in [1.807, 2.05) is 0 Å². The van der Waals surface area contributed by atoms with E-state index >= 15 is 0 Å². The van der Waals surface area contributed by atoms with Crippen LogP contribution in [0.5, 0.6) is 0 Å². The summed E-state index contributed by atoms with van der Waals surface area (Å²) in [6.45, 7) is 2.92. The first-order chi connectivity index (χ1) is 9.21. The molecule has 0 bridgehead atoms. The fourth-order valence-corrected chi connectivity index (χ4v) is 1.63. The second-order valence-corrected chi connectivity index (χ2v) is 4.80. The van der Waals surface area contributed by atoms with Crippen LogP contribution in [0.25, 0.3) is 0 Å². The minimum absolute atomic E-state index is 0.115. The summed E-state index contributed by atoms with van der Waals surface area (Å²) >= 11 is 5.65. The van der Waals surface area contributed by atoms with Crippen LogP contribution in [0.15, 0.2) is 18.2 Å². The molecule has 0 aliphatic carbocycles. The number of amides is 1. The predicted octanol–water partition coefficient (Wildman–Crippen LogP) is 2.23. The Bertz CT molecular complexity index is 575. The van der Waals surface area contributed by atoms with Gasteiger partial charge in [0.25, 0.3) is 11.6 Å². The van der Waals surface area contributed by atoms with E-state index in [9.17, 15) is 19.7 Å². The third kappa shape index (κ3) is 3.24. The maximum absolute atomic E-state index is 12.0. The molecular weight excluding hydrogens is 288 g/mol. The summed E-state index contributed by atoms with van der Waals surface area (Å²) in [7, 11) is 0. The molecule has 8 heteroatoms. The van der Waals surface area contributed by atoms with E-state index in [2.05, 4.69) is 5.32 Å². The first-order valence-corrected chi connectivity index (χ1v) is 6.09. The highest BCUT2D eigenvalue weighted by molar-refractivity contribution is 6.31. The summed E-state index contributed by atoms with van der Waals surface area (Å²) in [5.41, 5.74) is -2.20. The Morgan fingerprint density at radius 2 is 2.10 bits per heavy atom. The zero-order valence-electron chi connectivity index (χ0n) is 10.8. The molecule has 1 atom stereocenters. The monoisotopic (exact) mass is 300 g/mol. The fraction of sp³-hybridized carbons (Fsp3) is 0.333. The lowest BCUT2D eigenvalue weighted by Gasteiger charge is -2.24. The van der Waals surface area contributed by atoms with Gasteiger partial charge in [-0.05, 0) is 25.5 Å². The van der Waals surface area contributed by atoms with Crippen LogP contribution in [0.4, 0.5) is 5.69 Å². The topological polar surface area (TPSA) is 110 Å². The number of nitrogens with one attached hydrogen (secondary N) is 1. The first-order valence-electron chi connectivity index (χ1n) is 5.71. The highest BCUT2D eigenvalue weighted by Crippen LogP contribution is 2.24. The Morgan fingerprint density at radius 1 is 1.50 bits per heavy atom. The van der Waals surface area contributed by atoms with Gasteiger partial charge in [-0.2, -0.15) is 0 Å². The van der Waals surface area contributed by atoms with Gasteiger partial charge in [-0.15, -0.1) is 0 Å². The first kappa shape index (κ1) is 15.9. The number of carboxylic acid groups (broad SMARTS) is 1. The summed E-state index contributed by atoms with van der Waals surface area (Å²) < 4.78 is 0. The standard InChI is InChI=1S/C12H13ClN2O5/c1-3-12(2,11(17)18)14-10(16)8-5-4-7(13)6-9(8)15(19)20/h4-6H,3H2,1-2H3,(H,14,16)(H,17,18). The molecule has 0 spiro atoms. The molecule has 0 saturated heterocycles. The predicted molar refractivity (Wildman–Crippen MR) is 71.9 cm³/mol. The van der Waals surface area contributed by atoms with Gasteiger partial charge in [-0.3, -0.25) is 14.9 Å². The SMILES string of the molecule is CCC(C)(NC(=O)c1ccc(Cl)cc1[N+](=O)[O-])C(=O)O. The summed E-state index contributed by atoms with van der Waals surface area (Å²) in [6.07, 6.45) is 0.134. The lowest BCUT2D eigenvalue weighted by molar-refractivity contribution is -0.385. The summed E-state index contributed by atoms with van der Waals surface area (Å²) in [4.78, 5) is 33.3. The lowest BCUT2D eigenvalue weighted by Crippen LogP contribution is -2.51. The van der Waals surface area contributed by atoms with Crippen molar-refractivity contribution in [3.8, 4) is 0 Å². The molecular formula is C12H13ClN2O5. The van der Waals surface area contributed by atoms with Gasteiger partial charge in [-0.25, -0.2) is 4.79 Å². The number of carbonyl (C=O) groups is 2. The van der Waals surface area contributed by atoms with Gasteiger partial charge >= 0.3 is 5.97 Å². The molecule has 0 radical (unpaired) electrons. The third-order valence-corrected chi connectivity index (χ3v) is 3.20. The number of carbonyl (C=O) groups excluding carboxylic acids is 1. The van der Waals surface area contributed by atoms with Gasteiger partial charge < -0.3 is 10.4 Å². The van der Waals surface area contributed by atoms with Gasteiger partial charge in [-0.1, -0.05) is 18.5 Å². The number of hydrogen-bond acceptors (Lipinski definition) is 4. The van der Waals surface area contributed by atoms with Crippen LogP contribution in [-0.4, -0.2) is 27.4 Å². The van der Waals surface area contributed by atoms with Crippen molar-refractivity contribution in [2.75, 3.05) is 0 Å². The molecule has 1 aromatic carbocycles. The molecule has 1 rings (SSSR count). The van der Waals surface area contributed by atoms with Crippen LogP contribution >= 0.6 is 11.6 Å². The van der Waals surface area contributed by atoms with Gasteiger partial charge in [0.05, 0.1) is 4.92 Å². The minimum atomic E-state index is -1.50. The molecule has 0 fully saturated rings. The summed E-state index contributed by atoms with van der Waals surface area (Å²) in [5, 5.41) is 22.4. The average molecular weight is 301 g/mol. The number of hydrogen-bond donors (Lipinski definition) is 2. The molecule has 7 nitrogen and oxygen atoms in total. The van der Waals surface area contributed by atoms with Crippen molar-refractivity contribution in [3.63, 3.8) is 0 Å². The number of halogens is 1. The quantitative estimate of drug-likeness (QED) is 0.640. The van der Waals surface area contributed by atoms with Crippen molar-refractivity contribution in [1.29, 1.82) is 0 Å². The van der Waals surface area contributed by atoms with E-state index in [4.69, 9.17) is 16.7 Å². The highest BCUT2D eigenvalue weighted by Gasteiger charge is 2.34. The van der Waals surface area contributed by atoms with E-state index in [1.54, 1.807) is 6.92 Å². The number of carboxylic acids is 1. The van der Waals surface area contributed by atoms with Crippen LogP contribution in [0.1, 0.15) is 30.6 Å². The Balaban J connectivity index is 3.16. The van der Waals surface area contributed by atoms with Crippen molar-refractivity contribution in [2.45, 2.75) is 25.8 Å². The van der Waals surface area contributed by atoms with Gasteiger partial charge in [0.1, 0.15) is 11.1 Å². The molecule has 0 aliphatic heterocycles. The Labute approximate surface area is 119 Å². The minimum Gasteiger partial charge on any atom is -0.480 e. The van der Waals surface area contributed by atoms with E-state index in [0.717, 1.165) is 6.07 Å². The second kappa shape index (κ2) is 5.87. The van der Waals surface area contributed by atoms with Crippen LogP contribution < -0.4 is 5.32 Å². The third-order valence-electron chi connectivity index (χ3n) is 2.97. The molecule has 2 N–H and O–H groups in total. The van der Waals surface area contributed by atoms with E-state index in [1.165, 1.54) is 19.1 Å². The van der Waals surface area contributed by atoms with Gasteiger partial charge in [0.2, 0.25) is 0 Å². The number of nitro groups is 1.